The lowest BCUT2D eigenvalue weighted by molar-refractivity contribution is 0.0935. The number of likely N-dealkylation sites (tertiary alicyclic amines) is 1. The van der Waals surface area contributed by atoms with Crippen LogP contribution >= 0.6 is 0 Å². The van der Waals surface area contributed by atoms with E-state index in [-0.39, 0.29) is 11.9 Å². The van der Waals surface area contributed by atoms with Crippen LogP contribution in [0.25, 0.3) is 10.8 Å². The smallest absolute Gasteiger partial charge is 0.255 e. The molecule has 1 fully saturated rings. The SMILES string of the molecule is COc1ccc([C@H](CNC(=O)c2cc3ccccc3cc2OC)N2CCCC2)cc1. The van der Waals surface area contributed by atoms with Crippen molar-refractivity contribution in [3.8, 4) is 11.5 Å². The molecule has 0 aliphatic carbocycles. The average Bonchev–Trinajstić information content (AvgIpc) is 3.33. The van der Waals surface area contributed by atoms with Gasteiger partial charge in [-0.3, -0.25) is 9.69 Å². The second kappa shape index (κ2) is 9.18. The van der Waals surface area contributed by atoms with Gasteiger partial charge < -0.3 is 14.8 Å². The number of nitrogens with one attached hydrogen (secondary N) is 1. The Balaban J connectivity index is 1.55. The van der Waals surface area contributed by atoms with Crippen molar-refractivity contribution in [3.63, 3.8) is 0 Å². The van der Waals surface area contributed by atoms with Crippen LogP contribution < -0.4 is 14.8 Å². The molecule has 0 spiro atoms. The van der Waals surface area contributed by atoms with Gasteiger partial charge in [-0.15, -0.1) is 0 Å². The normalized spacial score (nSPS) is 15.1. The number of amides is 1. The van der Waals surface area contributed by atoms with Crippen molar-refractivity contribution in [3.05, 3.63) is 71.8 Å². The molecule has 3 aromatic carbocycles. The Kier molecular flexibility index (Phi) is 6.19. The minimum atomic E-state index is -0.115. The van der Waals surface area contributed by atoms with Crippen molar-refractivity contribution in [1.82, 2.24) is 10.2 Å². The first-order valence-corrected chi connectivity index (χ1v) is 10.4. The maximum Gasteiger partial charge on any atom is 0.255 e. The molecular weight excluding hydrogens is 376 g/mol. The maximum absolute atomic E-state index is 13.1. The zero-order valence-corrected chi connectivity index (χ0v) is 17.6. The summed E-state index contributed by atoms with van der Waals surface area (Å²) in [4.78, 5) is 15.5. The molecule has 0 unspecified atom stereocenters. The van der Waals surface area contributed by atoms with Gasteiger partial charge in [0.25, 0.3) is 5.91 Å². The molecule has 4 rings (SSSR count). The summed E-state index contributed by atoms with van der Waals surface area (Å²) in [5, 5.41) is 5.23. The molecule has 1 atom stereocenters. The number of methoxy groups -OCH3 is 2. The molecule has 5 heteroatoms. The largest absolute Gasteiger partial charge is 0.497 e. The number of hydrogen-bond acceptors (Lipinski definition) is 4. The van der Waals surface area contributed by atoms with E-state index in [0.29, 0.717) is 17.9 Å². The van der Waals surface area contributed by atoms with E-state index < -0.39 is 0 Å². The van der Waals surface area contributed by atoms with E-state index in [2.05, 4.69) is 22.3 Å². The lowest BCUT2D eigenvalue weighted by Gasteiger charge is -2.28. The summed E-state index contributed by atoms with van der Waals surface area (Å²) < 4.78 is 10.8. The van der Waals surface area contributed by atoms with Crippen LogP contribution in [0.1, 0.15) is 34.8 Å². The van der Waals surface area contributed by atoms with E-state index in [9.17, 15) is 4.79 Å². The van der Waals surface area contributed by atoms with Gasteiger partial charge in [0.15, 0.2) is 0 Å². The van der Waals surface area contributed by atoms with Crippen molar-refractivity contribution in [2.45, 2.75) is 18.9 Å². The van der Waals surface area contributed by atoms with Crippen LogP contribution in [0.3, 0.4) is 0 Å². The molecule has 5 nitrogen and oxygen atoms in total. The molecule has 1 saturated heterocycles. The van der Waals surface area contributed by atoms with Crippen molar-refractivity contribution in [1.29, 1.82) is 0 Å². The fourth-order valence-corrected chi connectivity index (χ4v) is 4.19. The number of nitrogens with zero attached hydrogens (tertiary/aromatic N) is 1. The Morgan fingerprint density at radius 1 is 0.967 bits per heavy atom. The van der Waals surface area contributed by atoms with Crippen molar-refractivity contribution < 1.29 is 14.3 Å². The Morgan fingerprint density at radius 3 is 2.27 bits per heavy atom. The fraction of sp³-hybridized carbons (Fsp3) is 0.320. The third kappa shape index (κ3) is 4.26. The first-order valence-electron chi connectivity index (χ1n) is 10.4. The molecule has 0 saturated carbocycles. The maximum atomic E-state index is 13.1. The van der Waals surface area contributed by atoms with Crippen molar-refractivity contribution >= 4 is 16.7 Å². The lowest BCUT2D eigenvalue weighted by Crippen LogP contribution is -2.36. The van der Waals surface area contributed by atoms with Gasteiger partial charge >= 0.3 is 0 Å². The third-order valence-corrected chi connectivity index (χ3v) is 5.85. The second-order valence-electron chi connectivity index (χ2n) is 7.64. The Morgan fingerprint density at radius 2 is 1.63 bits per heavy atom. The van der Waals surface area contributed by atoms with Crippen LogP contribution in [-0.2, 0) is 0 Å². The van der Waals surface area contributed by atoms with Crippen molar-refractivity contribution in [2.24, 2.45) is 0 Å². The van der Waals surface area contributed by atoms with Gasteiger partial charge in [-0.05, 0) is 66.5 Å². The van der Waals surface area contributed by atoms with Gasteiger partial charge in [-0.2, -0.15) is 0 Å². The Hall–Kier alpha value is -3.05. The summed E-state index contributed by atoms with van der Waals surface area (Å²) in [6, 6.07) is 20.1. The summed E-state index contributed by atoms with van der Waals surface area (Å²) in [7, 11) is 3.27. The topological polar surface area (TPSA) is 50.8 Å². The molecule has 0 aromatic heterocycles. The predicted octanol–water partition coefficient (Wildman–Crippen LogP) is 4.42. The number of rotatable bonds is 7. The number of fused-ring (bicyclic) bond motifs is 1. The molecule has 0 bridgehead atoms. The number of ether oxygens (including phenoxy) is 2. The van der Waals surface area contributed by atoms with Gasteiger partial charge in [0.1, 0.15) is 11.5 Å². The van der Waals surface area contributed by atoms with Gasteiger partial charge in [0.2, 0.25) is 0 Å². The molecule has 1 aliphatic heterocycles. The van der Waals surface area contributed by atoms with E-state index in [1.165, 1.54) is 18.4 Å². The lowest BCUT2D eigenvalue weighted by atomic mass is 10.0. The Bertz CT molecular complexity index is 1010. The molecule has 30 heavy (non-hydrogen) atoms. The highest BCUT2D eigenvalue weighted by Gasteiger charge is 2.25. The number of hydrogen-bond donors (Lipinski definition) is 1. The highest BCUT2D eigenvalue weighted by Crippen LogP contribution is 2.28. The monoisotopic (exact) mass is 404 g/mol. The molecular formula is C25H28N2O3. The third-order valence-electron chi connectivity index (χ3n) is 5.85. The van der Waals surface area contributed by atoms with Gasteiger partial charge in [-0.1, -0.05) is 36.4 Å². The average molecular weight is 405 g/mol. The van der Waals surface area contributed by atoms with E-state index in [1.807, 2.05) is 48.5 Å². The van der Waals surface area contributed by atoms with Gasteiger partial charge in [0.05, 0.1) is 25.8 Å². The van der Waals surface area contributed by atoms with Gasteiger partial charge in [-0.25, -0.2) is 0 Å². The van der Waals surface area contributed by atoms with E-state index in [4.69, 9.17) is 9.47 Å². The molecule has 0 radical (unpaired) electrons. The Labute approximate surface area is 177 Å². The fourth-order valence-electron chi connectivity index (χ4n) is 4.19. The molecule has 1 N–H and O–H groups in total. The second-order valence-corrected chi connectivity index (χ2v) is 7.64. The number of carbonyl (C=O) groups excluding carboxylic acids is 1. The highest BCUT2D eigenvalue weighted by molar-refractivity contribution is 6.01. The highest BCUT2D eigenvalue weighted by atomic mass is 16.5. The minimum absolute atomic E-state index is 0.115. The van der Waals surface area contributed by atoms with Crippen LogP contribution in [0.15, 0.2) is 60.7 Å². The van der Waals surface area contributed by atoms with Crippen molar-refractivity contribution in [2.75, 3.05) is 33.9 Å². The molecule has 1 heterocycles. The summed E-state index contributed by atoms with van der Waals surface area (Å²) in [6.07, 6.45) is 2.39. The van der Waals surface area contributed by atoms with Crippen LogP contribution in [0.5, 0.6) is 11.5 Å². The van der Waals surface area contributed by atoms with E-state index in [0.717, 1.165) is 29.6 Å². The zero-order chi connectivity index (χ0) is 20.9. The van der Waals surface area contributed by atoms with Crippen LogP contribution in [0.4, 0.5) is 0 Å². The number of benzene rings is 3. The summed E-state index contributed by atoms with van der Waals surface area (Å²) >= 11 is 0. The van der Waals surface area contributed by atoms with E-state index in [1.54, 1.807) is 14.2 Å². The summed E-state index contributed by atoms with van der Waals surface area (Å²) in [6.45, 7) is 2.64. The zero-order valence-electron chi connectivity index (χ0n) is 17.6. The molecule has 3 aromatic rings. The first-order chi connectivity index (χ1) is 14.7. The summed E-state index contributed by atoms with van der Waals surface area (Å²) in [5.41, 5.74) is 1.74. The van der Waals surface area contributed by atoms with Crippen LogP contribution in [-0.4, -0.2) is 44.7 Å². The predicted molar refractivity (Wildman–Crippen MR) is 119 cm³/mol. The quantitative estimate of drug-likeness (QED) is 0.633. The first kappa shape index (κ1) is 20.2. The van der Waals surface area contributed by atoms with Crippen LogP contribution in [0, 0.1) is 0 Å². The number of carbonyl (C=O) groups is 1. The molecule has 156 valence electrons. The molecule has 1 aliphatic rings. The van der Waals surface area contributed by atoms with Crippen LogP contribution in [0.2, 0.25) is 0 Å². The standard InChI is InChI=1S/C25H28N2O3/c1-29-21-11-9-18(10-12-21)23(27-13-5-6-14-27)17-26-25(28)22-15-19-7-3-4-8-20(19)16-24(22)30-2/h3-4,7-12,15-16,23H,5-6,13-14,17H2,1-2H3,(H,26,28)/t23-/m0/s1. The van der Waals surface area contributed by atoms with Gasteiger partial charge in [0, 0.05) is 6.54 Å². The molecule has 1 amide bonds. The summed E-state index contributed by atoms with van der Waals surface area (Å²) in [5.74, 6) is 1.31. The minimum Gasteiger partial charge on any atom is -0.497 e. The van der Waals surface area contributed by atoms with E-state index >= 15 is 0 Å².